The molecule has 216 valence electrons. The highest BCUT2D eigenvalue weighted by Crippen LogP contribution is 2.44. The van der Waals surface area contributed by atoms with Gasteiger partial charge in [0.1, 0.15) is 0 Å². The Kier molecular flexibility index (Phi) is 8.07. The van der Waals surface area contributed by atoms with Crippen LogP contribution in [0.25, 0.3) is 27.5 Å². The van der Waals surface area contributed by atoms with Crippen LogP contribution in [0.1, 0.15) is 25.8 Å². The normalized spacial score (nSPS) is 13.8. The Morgan fingerprint density at radius 2 is 1.90 bits per heavy atom. The van der Waals surface area contributed by atoms with Crippen molar-refractivity contribution in [1.82, 2.24) is 19.4 Å². The summed E-state index contributed by atoms with van der Waals surface area (Å²) in [4.78, 5) is 12.8. The van der Waals surface area contributed by atoms with Gasteiger partial charge in [-0.2, -0.15) is 6.20 Å². The number of nitrogens with zero attached hydrogens (tertiary/aromatic N) is 6. The summed E-state index contributed by atoms with van der Waals surface area (Å²) in [5.41, 5.74) is 3.75. The molecule has 41 heavy (non-hydrogen) atoms. The van der Waals surface area contributed by atoms with E-state index in [9.17, 15) is 13.2 Å². The van der Waals surface area contributed by atoms with Crippen LogP contribution in [-0.4, -0.2) is 60.0 Å². The summed E-state index contributed by atoms with van der Waals surface area (Å²) in [6, 6.07) is 13.3. The van der Waals surface area contributed by atoms with Gasteiger partial charge in [0.25, 0.3) is 0 Å². The van der Waals surface area contributed by atoms with E-state index in [0.717, 1.165) is 29.3 Å². The van der Waals surface area contributed by atoms with Crippen LogP contribution in [0.3, 0.4) is 0 Å². The van der Waals surface area contributed by atoms with Gasteiger partial charge in [-0.15, -0.1) is 24.9 Å². The van der Waals surface area contributed by atoms with E-state index in [1.165, 1.54) is 12.1 Å². The average molecular weight is 565 g/mol. The number of hydrogen-bond donors (Lipinski definition) is 1. The van der Waals surface area contributed by atoms with Crippen LogP contribution in [-0.2, 0) is 0 Å². The minimum atomic E-state index is -4.90. The molecule has 11 heteroatoms. The number of benzene rings is 2. The zero-order chi connectivity index (χ0) is 29.1. The molecule has 2 aromatic heterocycles. The summed E-state index contributed by atoms with van der Waals surface area (Å²) in [5, 5.41) is 8.50. The van der Waals surface area contributed by atoms with Crippen LogP contribution < -0.4 is 15.0 Å². The van der Waals surface area contributed by atoms with Crippen LogP contribution in [0.2, 0.25) is 0 Å². The molecule has 1 saturated carbocycles. The van der Waals surface area contributed by atoms with Crippen molar-refractivity contribution in [3.63, 3.8) is 0 Å². The van der Waals surface area contributed by atoms with Gasteiger partial charge in [-0.3, -0.25) is 0 Å². The number of rotatable bonds is 11. The van der Waals surface area contributed by atoms with Gasteiger partial charge in [-0.25, -0.2) is 9.97 Å². The number of halogens is 3. The van der Waals surface area contributed by atoms with E-state index in [-0.39, 0.29) is 11.6 Å². The zero-order valence-corrected chi connectivity index (χ0v) is 23.5. The summed E-state index contributed by atoms with van der Waals surface area (Å²) >= 11 is 0. The number of fused-ring (bicyclic) bond motifs is 1. The molecule has 0 atom stereocenters. The number of para-hydroxylation sites is 1. The second-order valence-corrected chi connectivity index (χ2v) is 10.3. The summed E-state index contributed by atoms with van der Waals surface area (Å²) in [6.07, 6.45) is 4.41. The summed E-state index contributed by atoms with van der Waals surface area (Å²) in [5.74, 6) is -0.258. The van der Waals surface area contributed by atoms with E-state index < -0.39 is 12.1 Å². The first-order valence-corrected chi connectivity index (χ1v) is 13.4. The maximum Gasteiger partial charge on any atom is 0.573 e. The van der Waals surface area contributed by atoms with E-state index in [1.54, 1.807) is 24.5 Å². The van der Waals surface area contributed by atoms with Crippen molar-refractivity contribution in [2.24, 2.45) is 0 Å². The number of nitrogens with one attached hydrogen (secondary N) is 1. The molecule has 1 aliphatic carbocycles. The van der Waals surface area contributed by atoms with E-state index in [0.29, 0.717) is 36.2 Å². The second kappa shape index (κ2) is 11.7. The van der Waals surface area contributed by atoms with Crippen LogP contribution in [0.4, 0.5) is 36.2 Å². The number of likely N-dealkylation sites (N-methyl/N-ethyl adjacent to an activating group) is 2. The van der Waals surface area contributed by atoms with Gasteiger partial charge in [0.2, 0.25) is 5.95 Å². The molecule has 0 amide bonds. The summed E-state index contributed by atoms with van der Waals surface area (Å²) in [6.45, 7) is 3.09. The van der Waals surface area contributed by atoms with E-state index in [4.69, 9.17) is 0 Å². The molecule has 0 saturated heterocycles. The predicted octanol–water partition coefficient (Wildman–Crippen LogP) is 7.61. The number of ether oxygens (including phenoxy) is 1. The molecule has 2 aromatic carbocycles. The first-order chi connectivity index (χ1) is 19.6. The van der Waals surface area contributed by atoms with Gasteiger partial charge in [-0.05, 0) is 52.1 Å². The fourth-order valence-corrected chi connectivity index (χ4v) is 4.65. The molecular weight excluding hydrogens is 531 g/mol. The third-order valence-corrected chi connectivity index (χ3v) is 6.82. The number of allylic oxidation sites excluding steroid dienone is 1. The molecule has 5 rings (SSSR count). The molecule has 4 aromatic rings. The number of hydrogen-bond acceptors (Lipinski definition) is 6. The smallest absolute Gasteiger partial charge is 0.573 e. The molecule has 0 unspecified atom stereocenters. The van der Waals surface area contributed by atoms with E-state index in [2.05, 4.69) is 48.2 Å². The molecule has 8 nitrogen and oxygen atoms in total. The van der Waals surface area contributed by atoms with Gasteiger partial charge in [0.15, 0.2) is 5.75 Å². The highest BCUT2D eigenvalue weighted by Gasteiger charge is 2.33. The summed E-state index contributed by atoms with van der Waals surface area (Å²) < 4.78 is 47.3. The van der Waals surface area contributed by atoms with Gasteiger partial charge in [-0.1, -0.05) is 18.2 Å². The first kappa shape index (κ1) is 28.3. The molecule has 1 fully saturated rings. The lowest BCUT2D eigenvalue weighted by molar-refractivity contribution is -0.274. The monoisotopic (exact) mass is 564 g/mol. The van der Waals surface area contributed by atoms with Crippen molar-refractivity contribution in [1.29, 1.82) is 0 Å². The highest BCUT2D eigenvalue weighted by atomic mass is 19.4. The fourth-order valence-electron chi connectivity index (χ4n) is 4.65. The Bertz CT molecular complexity index is 1540. The predicted molar refractivity (Wildman–Crippen MR) is 157 cm³/mol. The third kappa shape index (κ3) is 6.74. The highest BCUT2D eigenvalue weighted by molar-refractivity contribution is 5.95. The molecule has 1 N–H and O–H groups in total. The molecule has 0 spiro atoms. The number of aromatic nitrogens is 3. The summed E-state index contributed by atoms with van der Waals surface area (Å²) in [7, 11) is 5.67. The Hall–Kier alpha value is -4.25. The van der Waals surface area contributed by atoms with Crippen LogP contribution >= 0.6 is 0 Å². The Balaban J connectivity index is 1.53. The molecular formula is C30H33F3N7O-. The Morgan fingerprint density at radius 1 is 1.12 bits per heavy atom. The molecule has 0 aliphatic heterocycles. The number of anilines is 3. The van der Waals surface area contributed by atoms with Gasteiger partial charge in [0.05, 0.1) is 11.4 Å². The first-order valence-electron chi connectivity index (χ1n) is 13.4. The van der Waals surface area contributed by atoms with E-state index in [1.807, 2.05) is 50.0 Å². The molecule has 0 bridgehead atoms. The van der Waals surface area contributed by atoms with Gasteiger partial charge in [0, 0.05) is 66.8 Å². The standard InChI is InChI=1S/C30H33F3N7O/c1-5-13-34-24-17-25(28(41-30(31,32)33)18-27(24)39(4)16-15-38(2)3)37-29-35-14-12-23(36-29)22-19-40(20-10-11-20)26-9-7-6-8-21(22)26/h5-9,12-14,17-20H,10-11,15-16H2,1-4H3,(H,35,36,37)/q-1. The van der Waals surface area contributed by atoms with Crippen LogP contribution in [0.5, 0.6) is 5.75 Å². The Labute approximate surface area is 237 Å². The fraction of sp³-hybridized carbons (Fsp3) is 0.333. The van der Waals surface area contributed by atoms with Crippen LogP contribution in [0, 0.1) is 0 Å². The lowest BCUT2D eigenvalue weighted by Crippen LogP contribution is -2.28. The minimum Gasteiger partial charge on any atom is -0.663 e. The van der Waals surface area contributed by atoms with Gasteiger partial charge >= 0.3 is 6.36 Å². The SMILES string of the molecule is CC=C[N-]c1cc(Nc2nccc(-c3cn(C4CC4)c4ccccc34)n2)c(OC(F)(F)F)cc1N(C)CCN(C)C. The lowest BCUT2D eigenvalue weighted by Gasteiger charge is -2.31. The maximum absolute atomic E-state index is 13.5. The molecule has 2 heterocycles. The third-order valence-electron chi connectivity index (χ3n) is 6.82. The Morgan fingerprint density at radius 3 is 2.61 bits per heavy atom. The number of alkyl halides is 3. The topological polar surface area (TPSA) is 72.5 Å². The zero-order valence-electron chi connectivity index (χ0n) is 23.5. The lowest BCUT2D eigenvalue weighted by atomic mass is 10.1. The van der Waals surface area contributed by atoms with E-state index >= 15 is 0 Å². The van der Waals surface area contributed by atoms with Crippen molar-refractivity contribution < 1.29 is 17.9 Å². The van der Waals surface area contributed by atoms with Crippen molar-refractivity contribution in [2.75, 3.05) is 44.4 Å². The van der Waals surface area contributed by atoms with Crippen molar-refractivity contribution in [3.05, 3.63) is 72.5 Å². The minimum absolute atomic E-state index is 0.0490. The van der Waals surface area contributed by atoms with Crippen molar-refractivity contribution >= 4 is 33.9 Å². The second-order valence-electron chi connectivity index (χ2n) is 10.3. The quantitative estimate of drug-likeness (QED) is 0.202. The average Bonchev–Trinajstić information content (AvgIpc) is 3.70. The van der Waals surface area contributed by atoms with Gasteiger partial charge < -0.3 is 29.7 Å². The van der Waals surface area contributed by atoms with Crippen molar-refractivity contribution in [3.8, 4) is 17.0 Å². The van der Waals surface area contributed by atoms with Crippen LogP contribution in [0.15, 0.2) is 67.1 Å². The molecule has 0 radical (unpaired) electrons. The molecule has 1 aliphatic rings. The van der Waals surface area contributed by atoms with Crippen molar-refractivity contribution in [2.45, 2.75) is 32.2 Å². The largest absolute Gasteiger partial charge is 0.663 e. The maximum atomic E-state index is 13.5.